The Morgan fingerprint density at radius 1 is 1.24 bits per heavy atom. The number of hydrogen-bond acceptors (Lipinski definition) is 7. The molecule has 0 N–H and O–H groups in total. The normalized spacial score (nSPS) is 21.0. The van der Waals surface area contributed by atoms with Gasteiger partial charge in [0.25, 0.3) is 10.7 Å². The summed E-state index contributed by atoms with van der Waals surface area (Å²) in [5.74, 6) is -0.787. The lowest BCUT2D eigenvalue weighted by atomic mass is 9.97. The number of hydrogen-bond donors (Lipinski definition) is 0. The van der Waals surface area contributed by atoms with Crippen molar-refractivity contribution in [3.05, 3.63) is 39.4 Å². The molecule has 0 bridgehead atoms. The molecule has 0 fully saturated rings. The second kappa shape index (κ2) is 7.53. The first-order valence-electron chi connectivity index (χ1n) is 8.58. The molecule has 2 rings (SSSR count). The molecule has 0 aliphatic carbocycles. The van der Waals surface area contributed by atoms with Crippen molar-refractivity contribution in [2.24, 2.45) is 0 Å². The zero-order valence-electron chi connectivity index (χ0n) is 16.5. The van der Waals surface area contributed by atoms with E-state index in [-0.39, 0.29) is 18.2 Å². The van der Waals surface area contributed by atoms with E-state index in [2.05, 4.69) is 14.3 Å². The molecule has 1 aliphatic rings. The quantitative estimate of drug-likeness (QED) is 0.186. The van der Waals surface area contributed by atoms with E-state index in [1.807, 2.05) is 0 Å². The van der Waals surface area contributed by atoms with E-state index < -0.39 is 74.3 Å². The number of rotatable bonds is 7. The summed E-state index contributed by atoms with van der Waals surface area (Å²) in [5, 5.41) is 8.87. The summed E-state index contributed by atoms with van der Waals surface area (Å²) in [4.78, 5) is 23.3. The van der Waals surface area contributed by atoms with Crippen LogP contribution in [0.15, 0.2) is 23.1 Å². The van der Waals surface area contributed by atoms with E-state index in [0.717, 1.165) is 13.8 Å². The molecule has 2 atom stereocenters. The Morgan fingerprint density at radius 3 is 2.36 bits per heavy atom. The van der Waals surface area contributed by atoms with Crippen molar-refractivity contribution in [2.75, 3.05) is 13.2 Å². The number of halogens is 8. The Hall–Kier alpha value is -2.98. The van der Waals surface area contributed by atoms with E-state index >= 15 is 0 Å². The van der Waals surface area contributed by atoms with Gasteiger partial charge in [-0.1, -0.05) is 25.5 Å². The maximum atomic E-state index is 13.7. The molecule has 1 aromatic rings. The molecule has 1 aliphatic heterocycles. The van der Waals surface area contributed by atoms with E-state index in [4.69, 9.17) is 4.74 Å². The number of carbonyl (C=O) groups is 1. The van der Waals surface area contributed by atoms with Gasteiger partial charge in [0.2, 0.25) is 0 Å². The topological polar surface area (TPSA) is 97.1 Å². The Labute approximate surface area is 179 Å². The lowest BCUT2D eigenvalue weighted by Gasteiger charge is -2.42. The molecule has 188 valence electrons. The number of fused-ring (bicyclic) bond motifs is 1. The maximum Gasteiger partial charge on any atom is 0.508 e. The summed E-state index contributed by atoms with van der Waals surface area (Å²) in [6, 6.07) is -0.0976. The smallest absolute Gasteiger partial charge is 0.469 e. The SMILES string of the molecule is Cc1cc(S(F)(F)(F)(F)F)cc2c1O[C@@](COC(=O)OC(C)CO[N+](=O)[O-])(C(F)(F)F)C=C2. The molecule has 0 spiro atoms. The molecule has 0 aromatic heterocycles. The van der Waals surface area contributed by atoms with E-state index in [0.29, 0.717) is 6.08 Å². The minimum absolute atomic E-state index is 0.0488. The highest BCUT2D eigenvalue weighted by Crippen LogP contribution is 3.02. The Bertz CT molecular complexity index is 996. The molecular weight excluding hydrogens is 502 g/mol. The first kappa shape index (κ1) is 26.3. The van der Waals surface area contributed by atoms with Crippen molar-refractivity contribution < 1.29 is 61.5 Å². The average Bonchev–Trinajstić information content (AvgIpc) is 2.62. The van der Waals surface area contributed by atoms with Crippen LogP contribution in [0.1, 0.15) is 18.1 Å². The highest BCUT2D eigenvalue weighted by atomic mass is 32.5. The van der Waals surface area contributed by atoms with E-state index in [1.54, 1.807) is 0 Å². The summed E-state index contributed by atoms with van der Waals surface area (Å²) in [6.07, 6.45) is -7.58. The Kier molecular flexibility index (Phi) is 5.99. The van der Waals surface area contributed by atoms with Gasteiger partial charge in [-0.2, -0.15) is 13.2 Å². The highest BCUT2D eigenvalue weighted by Gasteiger charge is 2.66. The van der Waals surface area contributed by atoms with Crippen molar-refractivity contribution in [1.29, 1.82) is 0 Å². The molecular formula is C16H15F8NO7S. The minimum Gasteiger partial charge on any atom is -0.469 e. The number of ether oxygens (including phenoxy) is 3. The molecule has 0 radical (unpaired) electrons. The fourth-order valence-electron chi connectivity index (χ4n) is 2.57. The van der Waals surface area contributed by atoms with Gasteiger partial charge in [-0.15, -0.1) is 10.1 Å². The zero-order chi connectivity index (χ0) is 25.5. The van der Waals surface area contributed by atoms with Crippen LogP contribution in [0.2, 0.25) is 0 Å². The predicted octanol–water partition coefficient (Wildman–Crippen LogP) is 6.11. The summed E-state index contributed by atoms with van der Waals surface area (Å²) < 4.78 is 120. The van der Waals surface area contributed by atoms with Gasteiger partial charge in [-0.05, 0) is 37.6 Å². The van der Waals surface area contributed by atoms with Crippen LogP contribution in [-0.4, -0.2) is 42.3 Å². The van der Waals surface area contributed by atoms with E-state index in [9.17, 15) is 47.5 Å². The van der Waals surface area contributed by atoms with Crippen molar-refractivity contribution in [3.63, 3.8) is 0 Å². The fourth-order valence-corrected chi connectivity index (χ4v) is 3.32. The third-order valence-electron chi connectivity index (χ3n) is 4.13. The number of alkyl halides is 3. The van der Waals surface area contributed by atoms with Gasteiger partial charge in [-0.3, -0.25) is 0 Å². The third kappa shape index (κ3) is 6.29. The lowest BCUT2D eigenvalue weighted by molar-refractivity contribution is -0.759. The molecule has 1 aromatic carbocycles. The molecule has 1 heterocycles. The van der Waals surface area contributed by atoms with Gasteiger partial charge >= 0.3 is 22.6 Å². The van der Waals surface area contributed by atoms with Crippen molar-refractivity contribution in [3.8, 4) is 5.75 Å². The number of carbonyl (C=O) groups excluding carboxylic acids is 1. The second-order valence-corrected chi connectivity index (χ2v) is 9.35. The molecule has 33 heavy (non-hydrogen) atoms. The van der Waals surface area contributed by atoms with Crippen molar-refractivity contribution >= 4 is 22.5 Å². The summed E-state index contributed by atoms with van der Waals surface area (Å²) in [5.41, 5.74) is -4.77. The van der Waals surface area contributed by atoms with Crippen LogP contribution < -0.4 is 4.74 Å². The highest BCUT2D eigenvalue weighted by molar-refractivity contribution is 8.45. The van der Waals surface area contributed by atoms with Gasteiger partial charge < -0.3 is 19.0 Å². The standard InChI is InChI=1S/C16H15F8NO7S/c1-9-5-12(33(20,21,22,23)24)6-11-3-4-15(16(17,18)19,32-13(9)11)8-29-14(26)31-10(2)7-30-25(27)28/h3-6,10H,7-8H2,1-2H3/t10?,15-/m0/s1. The zero-order valence-corrected chi connectivity index (χ0v) is 17.4. The number of aryl methyl sites for hydroxylation is 1. The molecule has 0 saturated carbocycles. The van der Waals surface area contributed by atoms with Crippen LogP contribution in [0.4, 0.5) is 37.4 Å². The van der Waals surface area contributed by atoms with Crippen LogP contribution in [0.5, 0.6) is 5.75 Å². The van der Waals surface area contributed by atoms with Gasteiger partial charge in [0, 0.05) is 5.56 Å². The first-order chi connectivity index (χ1) is 14.6. The Morgan fingerprint density at radius 2 is 1.85 bits per heavy atom. The molecule has 0 saturated heterocycles. The van der Waals surface area contributed by atoms with E-state index in [1.165, 1.54) is 0 Å². The number of benzene rings is 1. The van der Waals surface area contributed by atoms with Crippen molar-refractivity contribution in [1.82, 2.24) is 0 Å². The van der Waals surface area contributed by atoms with Crippen LogP contribution >= 0.6 is 10.2 Å². The molecule has 8 nitrogen and oxygen atoms in total. The molecule has 1 unspecified atom stereocenters. The van der Waals surface area contributed by atoms with Crippen LogP contribution in [0.25, 0.3) is 6.08 Å². The van der Waals surface area contributed by atoms with Crippen molar-refractivity contribution in [2.45, 2.75) is 36.6 Å². The third-order valence-corrected chi connectivity index (χ3v) is 5.26. The van der Waals surface area contributed by atoms with Gasteiger partial charge in [0.15, 0.2) is 0 Å². The van der Waals surface area contributed by atoms with Crippen LogP contribution in [-0.2, 0) is 14.3 Å². The largest absolute Gasteiger partial charge is 0.508 e. The lowest BCUT2D eigenvalue weighted by Crippen LogP contribution is -2.54. The molecule has 0 amide bonds. The monoisotopic (exact) mass is 517 g/mol. The van der Waals surface area contributed by atoms with Crippen LogP contribution in [0.3, 0.4) is 0 Å². The molecule has 17 heteroatoms. The van der Waals surface area contributed by atoms with Gasteiger partial charge in [0.05, 0.1) is 0 Å². The minimum atomic E-state index is -10.1. The maximum absolute atomic E-state index is 13.7. The number of nitrogens with zero attached hydrogens (tertiary/aromatic N) is 1. The van der Waals surface area contributed by atoms with Gasteiger partial charge in [0.1, 0.15) is 30.0 Å². The Balaban J connectivity index is 2.28. The predicted molar refractivity (Wildman–Crippen MR) is 95.9 cm³/mol. The summed E-state index contributed by atoms with van der Waals surface area (Å²) >= 11 is 0. The summed E-state index contributed by atoms with van der Waals surface area (Å²) in [7, 11) is -10.1. The average molecular weight is 517 g/mol. The first-order valence-corrected chi connectivity index (χ1v) is 10.5. The fraction of sp³-hybridized carbons (Fsp3) is 0.438. The van der Waals surface area contributed by atoms with Gasteiger partial charge in [-0.25, -0.2) is 4.79 Å². The summed E-state index contributed by atoms with van der Waals surface area (Å²) in [6.45, 7) is -0.379. The second-order valence-electron chi connectivity index (χ2n) is 6.94. The van der Waals surface area contributed by atoms with Crippen LogP contribution in [0, 0.1) is 17.0 Å².